The van der Waals surface area contributed by atoms with Gasteiger partial charge in [-0.1, -0.05) is 83.2 Å². The lowest BCUT2D eigenvalue weighted by Crippen LogP contribution is -2.27. The van der Waals surface area contributed by atoms with Gasteiger partial charge in [-0.2, -0.15) is 4.98 Å². The van der Waals surface area contributed by atoms with E-state index in [1.807, 2.05) is 6.07 Å². The summed E-state index contributed by atoms with van der Waals surface area (Å²) in [6.45, 7) is 11.8. The smallest absolute Gasteiger partial charge is 0.237 e. The van der Waals surface area contributed by atoms with Crippen molar-refractivity contribution in [3.63, 3.8) is 0 Å². The maximum atomic E-state index is 6.82. The summed E-state index contributed by atoms with van der Waals surface area (Å²) in [6, 6.07) is 19.6. The van der Waals surface area contributed by atoms with Gasteiger partial charge in [-0.25, -0.2) is 4.98 Å². The van der Waals surface area contributed by atoms with Crippen LogP contribution in [-0.4, -0.2) is 21.6 Å². The van der Waals surface area contributed by atoms with Crippen LogP contribution in [0, 0.1) is 31.1 Å². The van der Waals surface area contributed by atoms with E-state index in [4.69, 9.17) is 25.4 Å². The van der Waals surface area contributed by atoms with Crippen molar-refractivity contribution in [2.75, 3.05) is 17.1 Å². The molecule has 0 saturated heterocycles. The molecule has 46 heavy (non-hydrogen) atoms. The summed E-state index contributed by atoms with van der Waals surface area (Å²) in [6.07, 6.45) is 11.3. The van der Waals surface area contributed by atoms with E-state index < -0.39 is 0 Å². The number of benzene rings is 2. The first-order valence-corrected chi connectivity index (χ1v) is 17.8. The molecule has 1 aliphatic carbocycles. The monoisotopic (exact) mass is 635 g/mol. The molecular formula is C39H49N5OS. The average Bonchev–Trinajstić information content (AvgIpc) is 3.03. The minimum absolute atomic E-state index is 0.109. The molecule has 3 N–H and O–H groups in total. The molecule has 0 radical (unpaired) electrons. The quantitative estimate of drug-likeness (QED) is 0.204. The largest absolute Gasteiger partial charge is 0.477 e. The van der Waals surface area contributed by atoms with Crippen molar-refractivity contribution in [3.05, 3.63) is 88.7 Å². The molecular weight excluding hydrogens is 587 g/mol. The second-order valence-corrected chi connectivity index (χ2v) is 15.5. The lowest BCUT2D eigenvalue weighted by molar-refractivity contribution is 0.165. The van der Waals surface area contributed by atoms with Gasteiger partial charge in [-0.3, -0.25) is 9.71 Å². The minimum atomic E-state index is 0.109. The van der Waals surface area contributed by atoms with Crippen LogP contribution in [0.4, 0.5) is 11.6 Å². The van der Waals surface area contributed by atoms with Crippen molar-refractivity contribution in [1.29, 1.82) is 0 Å². The Morgan fingerprint density at radius 2 is 1.76 bits per heavy atom. The Bertz CT molecular complexity index is 1640. The van der Waals surface area contributed by atoms with Gasteiger partial charge < -0.3 is 10.5 Å². The number of hydrogen-bond acceptors (Lipinski definition) is 7. The summed E-state index contributed by atoms with van der Waals surface area (Å²) in [5, 5.41) is 0. The summed E-state index contributed by atoms with van der Waals surface area (Å²) in [5.74, 6) is 2.40. The van der Waals surface area contributed by atoms with E-state index in [1.54, 1.807) is 18.1 Å². The molecule has 7 heteroatoms. The van der Waals surface area contributed by atoms with Crippen molar-refractivity contribution in [2.24, 2.45) is 17.3 Å². The van der Waals surface area contributed by atoms with Gasteiger partial charge in [0.05, 0.1) is 24.2 Å². The number of ether oxygens (including phenoxy) is 1. The zero-order chi connectivity index (χ0) is 32.3. The van der Waals surface area contributed by atoms with Gasteiger partial charge in [-0.15, -0.1) is 0 Å². The maximum Gasteiger partial charge on any atom is 0.237 e. The van der Waals surface area contributed by atoms with Gasteiger partial charge >= 0.3 is 0 Å². The van der Waals surface area contributed by atoms with Gasteiger partial charge in [0.2, 0.25) is 11.8 Å². The predicted octanol–water partition coefficient (Wildman–Crippen LogP) is 9.75. The van der Waals surface area contributed by atoms with Crippen LogP contribution in [0.15, 0.2) is 65.7 Å². The van der Waals surface area contributed by atoms with Crippen LogP contribution in [0.5, 0.6) is 5.88 Å². The highest BCUT2D eigenvalue weighted by Crippen LogP contribution is 2.41. The van der Waals surface area contributed by atoms with Crippen molar-refractivity contribution in [1.82, 2.24) is 15.0 Å². The van der Waals surface area contributed by atoms with E-state index in [-0.39, 0.29) is 17.3 Å². The lowest BCUT2D eigenvalue weighted by Gasteiger charge is -2.33. The highest BCUT2D eigenvalue weighted by molar-refractivity contribution is 8.00. The number of nitrogens with one attached hydrogen (secondary N) is 1. The molecule has 2 aromatic heterocycles. The molecule has 1 saturated carbocycles. The summed E-state index contributed by atoms with van der Waals surface area (Å²) < 4.78 is 10.3. The SMILES string of the molecule is Cc1cccc(CC2CCCCC2)c1-c1nc2nc(c1C)OCC(CC(C)(C)C)C(Cc1ccc(N)cn1)c1cccc(c1)SN2. The minimum Gasteiger partial charge on any atom is -0.477 e. The fraction of sp³-hybridized carbons (Fsp3) is 0.462. The normalized spacial score (nSPS) is 19.0. The van der Waals surface area contributed by atoms with Gasteiger partial charge in [0.1, 0.15) is 0 Å². The molecule has 6 rings (SSSR count). The fourth-order valence-electron chi connectivity index (χ4n) is 7.41. The molecule has 242 valence electrons. The van der Waals surface area contributed by atoms with Crippen LogP contribution in [-0.2, 0) is 12.8 Å². The first-order chi connectivity index (χ1) is 22.1. The number of pyridine rings is 1. The van der Waals surface area contributed by atoms with Crippen LogP contribution in [0.25, 0.3) is 11.3 Å². The standard InChI is InChI=1S/C39H49N5OS/c1-25-11-9-15-29(19-27-12-7-6-8-13-27)35(25)36-26(2)37-43-38(42-36)44-46-33-16-10-14-28(20-33)34(21-32-18-17-31(40)23-41-32)30(24-45-37)22-39(3,4)5/h9-11,14-18,20,23,27,30,34H,6-8,12-13,19,21-22,24,40H2,1-5H3,(H,42,43,44). The maximum absolute atomic E-state index is 6.82. The second-order valence-electron chi connectivity index (χ2n) is 14.6. The van der Waals surface area contributed by atoms with E-state index in [1.165, 1.54) is 54.4 Å². The fourth-order valence-corrected chi connectivity index (χ4v) is 8.05. The molecule has 0 spiro atoms. The molecule has 1 aliphatic heterocycles. The average molecular weight is 636 g/mol. The molecule has 1 fully saturated rings. The van der Waals surface area contributed by atoms with Crippen LogP contribution in [0.1, 0.15) is 93.2 Å². The Balaban J connectivity index is 1.41. The van der Waals surface area contributed by atoms with Crippen LogP contribution < -0.4 is 15.2 Å². The summed E-state index contributed by atoms with van der Waals surface area (Å²) in [4.78, 5) is 16.0. The molecule has 6 nitrogen and oxygen atoms in total. The number of aryl methyl sites for hydroxylation is 1. The Morgan fingerprint density at radius 3 is 2.52 bits per heavy atom. The van der Waals surface area contributed by atoms with E-state index in [0.29, 0.717) is 24.1 Å². The molecule has 0 amide bonds. The summed E-state index contributed by atoms with van der Waals surface area (Å²) in [5.41, 5.74) is 14.9. The molecule has 4 aromatic rings. The number of nitrogens with two attached hydrogens (primary N) is 1. The Morgan fingerprint density at radius 1 is 0.957 bits per heavy atom. The number of nitrogen functional groups attached to an aromatic ring is 1. The zero-order valence-electron chi connectivity index (χ0n) is 28.1. The van der Waals surface area contributed by atoms with Crippen LogP contribution in [0.2, 0.25) is 0 Å². The summed E-state index contributed by atoms with van der Waals surface area (Å²) in [7, 11) is 0. The number of nitrogens with zero attached hydrogens (tertiary/aromatic N) is 3. The third-order valence-electron chi connectivity index (χ3n) is 9.63. The Labute approximate surface area is 279 Å². The van der Waals surface area contributed by atoms with E-state index in [9.17, 15) is 0 Å². The van der Waals surface area contributed by atoms with Crippen LogP contribution >= 0.6 is 11.9 Å². The van der Waals surface area contributed by atoms with Crippen LogP contribution in [0.3, 0.4) is 0 Å². The van der Waals surface area contributed by atoms with Gasteiger partial charge in [0.25, 0.3) is 0 Å². The third kappa shape index (κ3) is 7.86. The number of aromatic nitrogens is 3. The molecule has 2 atom stereocenters. The highest BCUT2D eigenvalue weighted by Gasteiger charge is 2.31. The number of rotatable bonds is 6. The van der Waals surface area contributed by atoms with Gasteiger partial charge in [0.15, 0.2) is 0 Å². The molecule has 2 unspecified atom stereocenters. The van der Waals surface area contributed by atoms with E-state index in [0.717, 1.165) is 47.0 Å². The molecule has 2 aromatic carbocycles. The lowest BCUT2D eigenvalue weighted by atomic mass is 9.74. The molecule has 4 bridgehead atoms. The topological polar surface area (TPSA) is 86.0 Å². The first-order valence-electron chi connectivity index (χ1n) is 17.0. The number of anilines is 2. The predicted molar refractivity (Wildman–Crippen MR) is 191 cm³/mol. The highest BCUT2D eigenvalue weighted by atomic mass is 32.2. The van der Waals surface area contributed by atoms with Gasteiger partial charge in [0, 0.05) is 27.6 Å². The van der Waals surface area contributed by atoms with E-state index in [2.05, 4.69) is 87.9 Å². The zero-order valence-corrected chi connectivity index (χ0v) is 28.9. The Kier molecular flexibility index (Phi) is 9.88. The number of hydrogen-bond donors (Lipinski definition) is 2. The molecule has 2 aliphatic rings. The Hall–Kier alpha value is -3.58. The summed E-state index contributed by atoms with van der Waals surface area (Å²) >= 11 is 1.55. The second kappa shape index (κ2) is 14.0. The van der Waals surface area contributed by atoms with Crippen molar-refractivity contribution >= 4 is 23.6 Å². The van der Waals surface area contributed by atoms with Crippen molar-refractivity contribution in [2.45, 2.75) is 96.8 Å². The number of fused-ring (bicyclic) bond motifs is 4. The van der Waals surface area contributed by atoms with Crippen molar-refractivity contribution in [3.8, 4) is 17.1 Å². The van der Waals surface area contributed by atoms with Gasteiger partial charge in [-0.05, 0) is 103 Å². The first kappa shape index (κ1) is 32.4. The molecule has 3 heterocycles. The van der Waals surface area contributed by atoms with Crippen molar-refractivity contribution < 1.29 is 4.74 Å². The third-order valence-corrected chi connectivity index (χ3v) is 10.4. The van der Waals surface area contributed by atoms with E-state index >= 15 is 0 Å².